The highest BCUT2D eigenvalue weighted by Crippen LogP contribution is 2.22. The molecule has 3 atom stereocenters. The van der Waals surface area contributed by atoms with E-state index in [1.807, 2.05) is 0 Å². The van der Waals surface area contributed by atoms with Crippen LogP contribution < -0.4 is 5.32 Å². The van der Waals surface area contributed by atoms with Crippen LogP contribution in [-0.4, -0.2) is 20.0 Å². The van der Waals surface area contributed by atoms with Crippen molar-refractivity contribution in [2.24, 2.45) is 11.8 Å². The van der Waals surface area contributed by atoms with Gasteiger partial charge in [-0.15, -0.1) is 18.0 Å². The number of carbonyl (C=O) groups excluding carboxylic acids is 1. The molecule has 1 aliphatic rings. The van der Waals surface area contributed by atoms with Crippen LogP contribution >= 0.6 is 0 Å². The lowest BCUT2D eigenvalue weighted by molar-refractivity contribution is -0.133. The van der Waals surface area contributed by atoms with E-state index in [2.05, 4.69) is 49.9 Å². The number of hydrogen-bond acceptors (Lipinski definition) is 1. The van der Waals surface area contributed by atoms with Crippen LogP contribution in [0.1, 0.15) is 6.92 Å². The lowest BCUT2D eigenvalue weighted by Gasteiger charge is -2.37. The van der Waals surface area contributed by atoms with Gasteiger partial charge in [0, 0.05) is 5.92 Å². The van der Waals surface area contributed by atoms with Crippen LogP contribution in [0, 0.1) is 23.3 Å². The first-order valence-corrected chi connectivity index (χ1v) is 8.81. The van der Waals surface area contributed by atoms with E-state index in [-0.39, 0.29) is 23.8 Å². The summed E-state index contributed by atoms with van der Waals surface area (Å²) in [6.07, 6.45) is 1.72. The fraction of sp³-hybridized carbons (Fsp3) is 0.583. The third kappa shape index (κ3) is 2.97. The molecule has 0 unspecified atom stereocenters. The Morgan fingerprint density at radius 2 is 2.13 bits per heavy atom. The standard InChI is InChI=1S/C12H19NOSi/c1-6-10-11(13-12(10)14)9(2)7-8-15(3,4)5/h6,9-11H,1H2,2-5H3,(H,13,14)/t9-,10-,11-/m1/s1. The Hall–Kier alpha value is -1.01. The summed E-state index contributed by atoms with van der Waals surface area (Å²) in [6, 6.07) is 0.166. The average Bonchev–Trinajstić information content (AvgIpc) is 2.09. The van der Waals surface area contributed by atoms with Gasteiger partial charge in [-0.25, -0.2) is 0 Å². The van der Waals surface area contributed by atoms with Gasteiger partial charge in [0.15, 0.2) is 0 Å². The SMILES string of the molecule is C=C[C@H]1C(=O)N[C@@H]1[C@H](C)C#C[Si](C)(C)C. The molecule has 0 spiro atoms. The normalized spacial score (nSPS) is 26.8. The maximum absolute atomic E-state index is 11.2. The van der Waals surface area contributed by atoms with E-state index in [1.165, 1.54) is 0 Å². The van der Waals surface area contributed by atoms with E-state index in [0.29, 0.717) is 0 Å². The molecule has 2 nitrogen and oxygen atoms in total. The van der Waals surface area contributed by atoms with Crippen molar-refractivity contribution in [2.75, 3.05) is 0 Å². The quantitative estimate of drug-likeness (QED) is 0.328. The molecular formula is C12H19NOSi. The highest BCUT2D eigenvalue weighted by atomic mass is 28.3. The summed E-state index contributed by atoms with van der Waals surface area (Å²) in [5.41, 5.74) is 3.33. The molecule has 15 heavy (non-hydrogen) atoms. The summed E-state index contributed by atoms with van der Waals surface area (Å²) in [5.74, 6) is 3.51. The van der Waals surface area contributed by atoms with Gasteiger partial charge >= 0.3 is 0 Å². The molecule has 0 aliphatic carbocycles. The Kier molecular flexibility index (Phi) is 3.41. The van der Waals surface area contributed by atoms with Gasteiger partial charge in [0.25, 0.3) is 0 Å². The van der Waals surface area contributed by atoms with Crippen molar-refractivity contribution >= 4 is 14.0 Å². The second kappa shape index (κ2) is 4.24. The molecule has 82 valence electrons. The fourth-order valence-corrected chi connectivity index (χ4v) is 2.19. The predicted molar refractivity (Wildman–Crippen MR) is 65.9 cm³/mol. The zero-order chi connectivity index (χ0) is 11.6. The lowest BCUT2D eigenvalue weighted by atomic mass is 9.82. The second-order valence-electron chi connectivity index (χ2n) is 5.10. The summed E-state index contributed by atoms with van der Waals surface area (Å²) in [7, 11) is -1.30. The van der Waals surface area contributed by atoms with E-state index < -0.39 is 8.07 Å². The minimum absolute atomic E-state index is 0.0454. The smallest absolute Gasteiger partial charge is 0.229 e. The minimum Gasteiger partial charge on any atom is -0.350 e. The number of nitrogens with one attached hydrogen (secondary N) is 1. The molecule has 1 rings (SSSR count). The molecule has 0 aromatic carbocycles. The van der Waals surface area contributed by atoms with Gasteiger partial charge in [0.2, 0.25) is 5.91 Å². The molecule has 1 N–H and O–H groups in total. The highest BCUT2D eigenvalue weighted by Gasteiger charge is 2.39. The van der Waals surface area contributed by atoms with Crippen molar-refractivity contribution in [3.8, 4) is 11.5 Å². The van der Waals surface area contributed by atoms with E-state index in [1.54, 1.807) is 6.08 Å². The van der Waals surface area contributed by atoms with Crippen LogP contribution in [0.4, 0.5) is 0 Å². The van der Waals surface area contributed by atoms with Gasteiger partial charge in [-0.05, 0) is 6.92 Å². The van der Waals surface area contributed by atoms with Crippen LogP contribution in [0.5, 0.6) is 0 Å². The Bertz CT molecular complexity index is 332. The summed E-state index contributed by atoms with van der Waals surface area (Å²) in [4.78, 5) is 11.2. The van der Waals surface area contributed by atoms with Crippen LogP contribution in [0.2, 0.25) is 19.6 Å². The molecule has 0 aromatic heterocycles. The Balaban J connectivity index is 2.62. The van der Waals surface area contributed by atoms with E-state index in [0.717, 1.165) is 0 Å². The zero-order valence-electron chi connectivity index (χ0n) is 9.92. The van der Waals surface area contributed by atoms with Crippen LogP contribution in [0.15, 0.2) is 12.7 Å². The van der Waals surface area contributed by atoms with Gasteiger partial charge in [-0.3, -0.25) is 4.79 Å². The first-order valence-electron chi connectivity index (χ1n) is 5.31. The van der Waals surface area contributed by atoms with Crippen molar-refractivity contribution in [3.63, 3.8) is 0 Å². The number of rotatable bonds is 2. The fourth-order valence-electron chi connectivity index (χ4n) is 1.53. The molecular weight excluding hydrogens is 202 g/mol. The molecule has 0 aromatic rings. The maximum Gasteiger partial charge on any atom is 0.229 e. The second-order valence-corrected chi connectivity index (χ2v) is 9.85. The summed E-state index contributed by atoms with van der Waals surface area (Å²) in [5, 5.41) is 2.88. The number of carbonyl (C=O) groups is 1. The molecule has 1 amide bonds. The first-order chi connectivity index (χ1) is 6.85. The topological polar surface area (TPSA) is 29.1 Å². The molecule has 1 fully saturated rings. The van der Waals surface area contributed by atoms with Gasteiger partial charge in [-0.1, -0.05) is 25.7 Å². The third-order valence-electron chi connectivity index (χ3n) is 2.47. The molecule has 1 heterocycles. The Labute approximate surface area is 93.1 Å². The van der Waals surface area contributed by atoms with Crippen molar-refractivity contribution in [3.05, 3.63) is 12.7 Å². The average molecular weight is 221 g/mol. The van der Waals surface area contributed by atoms with Crippen LogP contribution in [-0.2, 0) is 4.79 Å². The lowest BCUT2D eigenvalue weighted by Crippen LogP contribution is -2.59. The molecule has 0 radical (unpaired) electrons. The number of β-lactam (4-membered cyclic amide) rings is 1. The largest absolute Gasteiger partial charge is 0.350 e. The zero-order valence-corrected chi connectivity index (χ0v) is 10.9. The van der Waals surface area contributed by atoms with E-state index >= 15 is 0 Å². The van der Waals surface area contributed by atoms with Gasteiger partial charge in [-0.2, -0.15) is 0 Å². The first kappa shape index (κ1) is 12.1. The van der Waals surface area contributed by atoms with Crippen LogP contribution in [0.25, 0.3) is 0 Å². The van der Waals surface area contributed by atoms with Gasteiger partial charge in [0.05, 0.1) is 12.0 Å². The Morgan fingerprint density at radius 1 is 1.53 bits per heavy atom. The number of amides is 1. The summed E-state index contributed by atoms with van der Waals surface area (Å²) in [6.45, 7) is 12.4. The van der Waals surface area contributed by atoms with Crippen molar-refractivity contribution in [2.45, 2.75) is 32.6 Å². The monoisotopic (exact) mass is 221 g/mol. The summed E-state index contributed by atoms with van der Waals surface area (Å²) < 4.78 is 0. The Morgan fingerprint density at radius 3 is 2.53 bits per heavy atom. The molecule has 1 aliphatic heterocycles. The van der Waals surface area contributed by atoms with E-state index in [9.17, 15) is 4.79 Å². The molecule has 0 bridgehead atoms. The predicted octanol–water partition coefficient (Wildman–Crippen LogP) is 1.80. The molecule has 1 saturated heterocycles. The summed E-state index contributed by atoms with van der Waals surface area (Å²) >= 11 is 0. The highest BCUT2D eigenvalue weighted by molar-refractivity contribution is 6.83. The minimum atomic E-state index is -1.30. The molecule has 3 heteroatoms. The maximum atomic E-state index is 11.2. The molecule has 0 saturated carbocycles. The van der Waals surface area contributed by atoms with Crippen LogP contribution in [0.3, 0.4) is 0 Å². The third-order valence-corrected chi connectivity index (χ3v) is 3.36. The number of hydrogen-bond donors (Lipinski definition) is 1. The van der Waals surface area contributed by atoms with Crippen molar-refractivity contribution in [1.82, 2.24) is 5.32 Å². The van der Waals surface area contributed by atoms with Gasteiger partial charge < -0.3 is 5.32 Å². The van der Waals surface area contributed by atoms with E-state index in [4.69, 9.17) is 0 Å². The van der Waals surface area contributed by atoms with Gasteiger partial charge in [0.1, 0.15) is 8.07 Å². The van der Waals surface area contributed by atoms with Crippen molar-refractivity contribution < 1.29 is 4.79 Å². The van der Waals surface area contributed by atoms with Crippen molar-refractivity contribution in [1.29, 1.82) is 0 Å².